The largest absolute Gasteiger partial charge is 0.356 e. The van der Waals surface area contributed by atoms with Crippen LogP contribution in [0, 0.1) is 0 Å². The molecule has 90 valence electrons. The van der Waals surface area contributed by atoms with Gasteiger partial charge in [-0.05, 0) is 43.7 Å². The fourth-order valence-electron chi connectivity index (χ4n) is 1.46. The molecule has 0 aliphatic rings. The summed E-state index contributed by atoms with van der Waals surface area (Å²) in [5.41, 5.74) is 5.37. The maximum absolute atomic E-state index is 11.4. The fraction of sp³-hybridized carbons (Fsp3) is 0.583. The lowest BCUT2D eigenvalue weighted by Gasteiger charge is -2.03. The second kappa shape index (κ2) is 8.30. The predicted octanol–water partition coefficient (Wildman–Crippen LogP) is 1.93. The van der Waals surface area contributed by atoms with E-state index in [1.54, 1.807) is 11.3 Å². The molecule has 0 bridgehead atoms. The van der Waals surface area contributed by atoms with Crippen molar-refractivity contribution in [3.8, 4) is 0 Å². The minimum Gasteiger partial charge on any atom is -0.356 e. The van der Waals surface area contributed by atoms with Gasteiger partial charge in [-0.2, -0.15) is 0 Å². The molecular weight excluding hydrogens is 220 g/mol. The molecule has 1 rings (SSSR count). The first kappa shape index (κ1) is 13.2. The van der Waals surface area contributed by atoms with Crippen molar-refractivity contribution in [3.05, 3.63) is 22.4 Å². The van der Waals surface area contributed by atoms with Crippen molar-refractivity contribution < 1.29 is 4.79 Å². The lowest BCUT2D eigenvalue weighted by molar-refractivity contribution is -0.121. The molecule has 1 aromatic rings. The topological polar surface area (TPSA) is 55.1 Å². The molecule has 0 saturated carbocycles. The van der Waals surface area contributed by atoms with E-state index in [1.807, 2.05) is 6.07 Å². The molecule has 4 heteroatoms. The normalized spacial score (nSPS) is 10.3. The van der Waals surface area contributed by atoms with Crippen molar-refractivity contribution in [2.24, 2.45) is 5.73 Å². The van der Waals surface area contributed by atoms with Gasteiger partial charge in [0.05, 0.1) is 0 Å². The Bertz CT molecular complexity index is 285. The van der Waals surface area contributed by atoms with Crippen molar-refractivity contribution in [1.82, 2.24) is 5.32 Å². The van der Waals surface area contributed by atoms with Crippen LogP contribution in [0.2, 0.25) is 0 Å². The van der Waals surface area contributed by atoms with E-state index in [2.05, 4.69) is 16.8 Å². The van der Waals surface area contributed by atoms with Crippen LogP contribution < -0.4 is 11.1 Å². The Morgan fingerprint density at radius 1 is 1.38 bits per heavy atom. The Hall–Kier alpha value is -0.870. The van der Waals surface area contributed by atoms with Crippen molar-refractivity contribution in [3.63, 3.8) is 0 Å². The van der Waals surface area contributed by atoms with Crippen LogP contribution in [0.4, 0.5) is 0 Å². The summed E-state index contributed by atoms with van der Waals surface area (Å²) >= 11 is 1.75. The summed E-state index contributed by atoms with van der Waals surface area (Å²) in [6.45, 7) is 1.46. The zero-order valence-corrected chi connectivity index (χ0v) is 10.4. The molecule has 16 heavy (non-hydrogen) atoms. The van der Waals surface area contributed by atoms with Gasteiger partial charge in [-0.15, -0.1) is 11.3 Å². The van der Waals surface area contributed by atoms with Gasteiger partial charge >= 0.3 is 0 Å². The smallest absolute Gasteiger partial charge is 0.220 e. The third-order valence-corrected chi connectivity index (χ3v) is 3.30. The molecule has 0 spiro atoms. The molecule has 1 heterocycles. The summed E-state index contributed by atoms with van der Waals surface area (Å²) < 4.78 is 0. The van der Waals surface area contributed by atoms with Gasteiger partial charge in [0, 0.05) is 17.8 Å². The second-order valence-electron chi connectivity index (χ2n) is 3.78. The molecule has 0 unspecified atom stereocenters. The Balaban J connectivity index is 1.98. The number of amides is 1. The van der Waals surface area contributed by atoms with Gasteiger partial charge < -0.3 is 11.1 Å². The summed E-state index contributed by atoms with van der Waals surface area (Å²) in [6.07, 6.45) is 4.53. The van der Waals surface area contributed by atoms with Crippen molar-refractivity contribution in [1.29, 1.82) is 0 Å². The molecule has 0 atom stereocenters. The van der Waals surface area contributed by atoms with Crippen molar-refractivity contribution in [2.45, 2.75) is 32.1 Å². The maximum Gasteiger partial charge on any atom is 0.220 e. The molecule has 0 aliphatic carbocycles. The fourth-order valence-corrected chi connectivity index (χ4v) is 2.21. The van der Waals surface area contributed by atoms with E-state index in [-0.39, 0.29) is 5.91 Å². The number of carbonyl (C=O) groups excluding carboxylic acids is 1. The minimum absolute atomic E-state index is 0.161. The van der Waals surface area contributed by atoms with Crippen LogP contribution in [-0.4, -0.2) is 19.0 Å². The van der Waals surface area contributed by atoms with E-state index in [0.717, 1.165) is 32.2 Å². The van der Waals surface area contributed by atoms with Crippen LogP contribution in [-0.2, 0) is 11.2 Å². The Labute approximate surface area is 101 Å². The number of hydrogen-bond acceptors (Lipinski definition) is 3. The highest BCUT2D eigenvalue weighted by Crippen LogP contribution is 2.11. The average Bonchev–Trinajstić information content (AvgIpc) is 2.77. The minimum atomic E-state index is 0.161. The summed E-state index contributed by atoms with van der Waals surface area (Å²) in [4.78, 5) is 12.8. The number of hydrogen-bond donors (Lipinski definition) is 2. The molecule has 1 amide bonds. The Kier molecular flexibility index (Phi) is 6.85. The highest BCUT2D eigenvalue weighted by molar-refractivity contribution is 7.09. The van der Waals surface area contributed by atoms with Crippen LogP contribution in [0.5, 0.6) is 0 Å². The zero-order chi connectivity index (χ0) is 11.6. The Morgan fingerprint density at radius 2 is 2.25 bits per heavy atom. The van der Waals surface area contributed by atoms with Gasteiger partial charge in [-0.1, -0.05) is 6.07 Å². The standard InChI is InChI=1S/C12H20N2OS/c13-8-1-2-9-14-12(15)7-3-5-11-6-4-10-16-11/h4,6,10H,1-3,5,7-9,13H2,(H,14,15). The van der Waals surface area contributed by atoms with E-state index in [4.69, 9.17) is 5.73 Å². The van der Waals surface area contributed by atoms with Crippen molar-refractivity contribution >= 4 is 17.2 Å². The third-order valence-electron chi connectivity index (χ3n) is 2.36. The van der Waals surface area contributed by atoms with E-state index in [1.165, 1.54) is 4.88 Å². The SMILES string of the molecule is NCCCCNC(=O)CCCc1cccs1. The average molecular weight is 240 g/mol. The molecule has 1 aromatic heterocycles. The summed E-state index contributed by atoms with van der Waals surface area (Å²) in [5.74, 6) is 0.161. The van der Waals surface area contributed by atoms with E-state index in [9.17, 15) is 4.79 Å². The Morgan fingerprint density at radius 3 is 2.94 bits per heavy atom. The quantitative estimate of drug-likeness (QED) is 0.682. The van der Waals surface area contributed by atoms with Crippen LogP contribution in [0.3, 0.4) is 0 Å². The third kappa shape index (κ3) is 5.88. The first-order valence-corrected chi connectivity index (χ1v) is 6.70. The number of aryl methyl sites for hydroxylation is 1. The molecule has 3 nitrogen and oxygen atoms in total. The van der Waals surface area contributed by atoms with E-state index in [0.29, 0.717) is 13.0 Å². The number of carbonyl (C=O) groups is 1. The van der Waals surface area contributed by atoms with E-state index < -0.39 is 0 Å². The molecule has 0 fully saturated rings. The van der Waals surface area contributed by atoms with Gasteiger partial charge in [-0.3, -0.25) is 4.79 Å². The zero-order valence-electron chi connectivity index (χ0n) is 9.58. The van der Waals surface area contributed by atoms with Crippen LogP contribution in [0.1, 0.15) is 30.6 Å². The highest BCUT2D eigenvalue weighted by atomic mass is 32.1. The predicted molar refractivity (Wildman–Crippen MR) is 68.6 cm³/mol. The number of rotatable bonds is 8. The van der Waals surface area contributed by atoms with Crippen LogP contribution >= 0.6 is 11.3 Å². The highest BCUT2D eigenvalue weighted by Gasteiger charge is 2.01. The first-order valence-electron chi connectivity index (χ1n) is 5.82. The van der Waals surface area contributed by atoms with Crippen LogP contribution in [0.15, 0.2) is 17.5 Å². The molecule has 0 saturated heterocycles. The lowest BCUT2D eigenvalue weighted by atomic mass is 10.2. The molecule has 0 aromatic carbocycles. The number of thiophene rings is 1. The van der Waals surface area contributed by atoms with Gasteiger partial charge in [0.1, 0.15) is 0 Å². The van der Waals surface area contributed by atoms with Crippen molar-refractivity contribution in [2.75, 3.05) is 13.1 Å². The molecule has 3 N–H and O–H groups in total. The molecule has 0 aliphatic heterocycles. The second-order valence-corrected chi connectivity index (χ2v) is 4.81. The van der Waals surface area contributed by atoms with Gasteiger partial charge in [0.15, 0.2) is 0 Å². The summed E-state index contributed by atoms with van der Waals surface area (Å²) in [7, 11) is 0. The van der Waals surface area contributed by atoms with Crippen LogP contribution in [0.25, 0.3) is 0 Å². The maximum atomic E-state index is 11.4. The van der Waals surface area contributed by atoms with Gasteiger partial charge in [0.2, 0.25) is 5.91 Å². The van der Waals surface area contributed by atoms with Gasteiger partial charge in [-0.25, -0.2) is 0 Å². The number of nitrogens with two attached hydrogens (primary N) is 1. The molecule has 0 radical (unpaired) electrons. The first-order chi connectivity index (χ1) is 7.83. The number of nitrogens with one attached hydrogen (secondary N) is 1. The summed E-state index contributed by atoms with van der Waals surface area (Å²) in [6, 6.07) is 4.16. The lowest BCUT2D eigenvalue weighted by Crippen LogP contribution is -2.24. The monoisotopic (exact) mass is 240 g/mol. The number of unbranched alkanes of at least 4 members (excludes halogenated alkanes) is 1. The summed E-state index contributed by atoms with van der Waals surface area (Å²) in [5, 5.41) is 4.98. The van der Waals surface area contributed by atoms with Gasteiger partial charge in [0.25, 0.3) is 0 Å². The molecular formula is C12H20N2OS. The van der Waals surface area contributed by atoms with E-state index >= 15 is 0 Å².